The summed E-state index contributed by atoms with van der Waals surface area (Å²) in [4.78, 5) is 4.31. The van der Waals surface area contributed by atoms with E-state index in [2.05, 4.69) is 4.98 Å². The minimum atomic E-state index is 0.224. The largest absolute Gasteiger partial charge is 0.508 e. The van der Waals surface area contributed by atoms with Gasteiger partial charge in [0.25, 0.3) is 0 Å². The first kappa shape index (κ1) is 12.3. The number of aromatic nitrogens is 1. The second-order valence-corrected chi connectivity index (χ2v) is 4.84. The van der Waals surface area contributed by atoms with Crippen molar-refractivity contribution in [3.05, 3.63) is 40.4 Å². The standard InChI is InChI=1S/C12H12ClNO2S/c1-7-14-10(12(16-7)17-2)6-8-5-9(13)3-4-11(8)15/h3-5,15H,6H2,1-2H3. The van der Waals surface area contributed by atoms with E-state index < -0.39 is 0 Å². The van der Waals surface area contributed by atoms with E-state index in [1.54, 1.807) is 25.1 Å². The zero-order valence-electron chi connectivity index (χ0n) is 9.53. The van der Waals surface area contributed by atoms with Crippen LogP contribution in [-0.2, 0) is 6.42 Å². The molecule has 0 fully saturated rings. The maximum Gasteiger partial charge on any atom is 0.192 e. The van der Waals surface area contributed by atoms with E-state index in [9.17, 15) is 5.11 Å². The first-order chi connectivity index (χ1) is 8.10. The molecule has 0 spiro atoms. The summed E-state index contributed by atoms with van der Waals surface area (Å²) in [7, 11) is 0. The van der Waals surface area contributed by atoms with Gasteiger partial charge in [-0.3, -0.25) is 0 Å². The Balaban J connectivity index is 2.33. The smallest absolute Gasteiger partial charge is 0.192 e. The Hall–Kier alpha value is -1.13. The van der Waals surface area contributed by atoms with Crippen molar-refractivity contribution >= 4 is 23.4 Å². The maximum absolute atomic E-state index is 9.74. The third-order valence-electron chi connectivity index (χ3n) is 2.35. The van der Waals surface area contributed by atoms with Crippen LogP contribution in [0.1, 0.15) is 17.1 Å². The minimum absolute atomic E-state index is 0.224. The van der Waals surface area contributed by atoms with Gasteiger partial charge in [0.1, 0.15) is 5.75 Å². The number of phenols is 1. The van der Waals surface area contributed by atoms with Crippen molar-refractivity contribution in [2.75, 3.05) is 6.26 Å². The van der Waals surface area contributed by atoms with E-state index in [0.717, 1.165) is 16.3 Å². The highest BCUT2D eigenvalue weighted by molar-refractivity contribution is 7.98. The van der Waals surface area contributed by atoms with Crippen molar-refractivity contribution in [2.45, 2.75) is 18.4 Å². The Kier molecular flexibility index (Phi) is 3.64. The lowest BCUT2D eigenvalue weighted by molar-refractivity contribution is 0.438. The van der Waals surface area contributed by atoms with Crippen molar-refractivity contribution in [1.29, 1.82) is 0 Å². The number of phenolic OH excluding ortho intramolecular Hbond substituents is 1. The second kappa shape index (κ2) is 5.02. The Labute approximate surface area is 109 Å². The van der Waals surface area contributed by atoms with Crippen LogP contribution in [0.4, 0.5) is 0 Å². The zero-order valence-corrected chi connectivity index (χ0v) is 11.1. The topological polar surface area (TPSA) is 46.3 Å². The summed E-state index contributed by atoms with van der Waals surface area (Å²) in [6.45, 7) is 1.81. The molecule has 0 saturated carbocycles. The van der Waals surface area contributed by atoms with Crippen LogP contribution in [0.3, 0.4) is 0 Å². The van der Waals surface area contributed by atoms with Gasteiger partial charge in [-0.05, 0) is 24.5 Å². The molecule has 0 amide bonds. The summed E-state index contributed by atoms with van der Waals surface area (Å²) in [5.41, 5.74) is 1.58. The summed E-state index contributed by atoms with van der Waals surface area (Å²) in [6.07, 6.45) is 2.45. The quantitative estimate of drug-likeness (QED) is 0.864. The van der Waals surface area contributed by atoms with E-state index >= 15 is 0 Å². The predicted molar refractivity (Wildman–Crippen MR) is 68.9 cm³/mol. The SMILES string of the molecule is CSc1oc(C)nc1Cc1cc(Cl)ccc1O. The van der Waals surface area contributed by atoms with Gasteiger partial charge in [-0.2, -0.15) is 0 Å². The van der Waals surface area contributed by atoms with Crippen LogP contribution < -0.4 is 0 Å². The molecule has 0 aliphatic carbocycles. The molecule has 0 aliphatic rings. The van der Waals surface area contributed by atoms with Gasteiger partial charge in [0, 0.05) is 23.9 Å². The zero-order chi connectivity index (χ0) is 12.4. The van der Waals surface area contributed by atoms with Crippen LogP contribution in [0.2, 0.25) is 5.02 Å². The molecule has 0 aliphatic heterocycles. The van der Waals surface area contributed by atoms with E-state index in [1.807, 2.05) is 6.26 Å². The fourth-order valence-corrected chi connectivity index (χ4v) is 2.35. The maximum atomic E-state index is 9.74. The van der Waals surface area contributed by atoms with Crippen molar-refractivity contribution in [3.63, 3.8) is 0 Å². The summed E-state index contributed by atoms with van der Waals surface area (Å²) in [5, 5.41) is 11.1. The van der Waals surface area contributed by atoms with Gasteiger partial charge in [0.05, 0.1) is 5.69 Å². The van der Waals surface area contributed by atoms with Gasteiger partial charge in [0.2, 0.25) is 0 Å². The van der Waals surface area contributed by atoms with Crippen molar-refractivity contribution < 1.29 is 9.52 Å². The van der Waals surface area contributed by atoms with Gasteiger partial charge in [-0.15, -0.1) is 0 Å². The highest BCUT2D eigenvalue weighted by atomic mass is 35.5. The number of aromatic hydroxyl groups is 1. The monoisotopic (exact) mass is 269 g/mol. The molecule has 0 atom stereocenters. The lowest BCUT2D eigenvalue weighted by Gasteiger charge is -2.03. The summed E-state index contributed by atoms with van der Waals surface area (Å²) < 4.78 is 5.44. The summed E-state index contributed by atoms with van der Waals surface area (Å²) >= 11 is 7.40. The number of hydrogen-bond donors (Lipinski definition) is 1. The molecule has 0 saturated heterocycles. The molecule has 0 unspecified atom stereocenters. The molecular weight excluding hydrogens is 258 g/mol. The van der Waals surface area contributed by atoms with Crippen molar-refractivity contribution in [3.8, 4) is 5.75 Å². The van der Waals surface area contributed by atoms with Crippen LogP contribution in [0.25, 0.3) is 0 Å². The predicted octanol–water partition coefficient (Wildman–Crippen LogP) is 3.65. The highest BCUT2D eigenvalue weighted by Gasteiger charge is 2.13. The normalized spacial score (nSPS) is 10.8. The molecule has 2 aromatic rings. The number of halogens is 1. The average molecular weight is 270 g/mol. The molecule has 0 radical (unpaired) electrons. The molecule has 90 valence electrons. The highest BCUT2D eigenvalue weighted by Crippen LogP contribution is 2.28. The van der Waals surface area contributed by atoms with Crippen molar-refractivity contribution in [1.82, 2.24) is 4.98 Å². The molecule has 5 heteroatoms. The Morgan fingerprint density at radius 3 is 2.94 bits per heavy atom. The lowest BCUT2D eigenvalue weighted by Crippen LogP contribution is -1.91. The second-order valence-electron chi connectivity index (χ2n) is 3.62. The van der Waals surface area contributed by atoms with Gasteiger partial charge >= 0.3 is 0 Å². The third kappa shape index (κ3) is 2.76. The lowest BCUT2D eigenvalue weighted by atomic mass is 10.1. The van der Waals surface area contributed by atoms with Gasteiger partial charge in [-0.25, -0.2) is 4.98 Å². The Bertz CT molecular complexity index is 539. The summed E-state index contributed by atoms with van der Waals surface area (Å²) in [6, 6.07) is 4.98. The third-order valence-corrected chi connectivity index (χ3v) is 3.28. The number of rotatable bonds is 3. The van der Waals surface area contributed by atoms with Gasteiger partial charge < -0.3 is 9.52 Å². The molecule has 1 aromatic heterocycles. The van der Waals surface area contributed by atoms with Crippen LogP contribution in [0.15, 0.2) is 27.7 Å². The van der Waals surface area contributed by atoms with E-state index in [0.29, 0.717) is 17.3 Å². The van der Waals surface area contributed by atoms with Crippen LogP contribution in [0.5, 0.6) is 5.75 Å². The number of oxazole rings is 1. The van der Waals surface area contributed by atoms with Crippen molar-refractivity contribution in [2.24, 2.45) is 0 Å². The summed E-state index contributed by atoms with van der Waals surface area (Å²) in [5.74, 6) is 0.855. The Morgan fingerprint density at radius 1 is 1.47 bits per heavy atom. The number of benzene rings is 1. The molecular formula is C12H12ClNO2S. The number of aryl methyl sites for hydroxylation is 1. The molecule has 3 nitrogen and oxygen atoms in total. The molecule has 17 heavy (non-hydrogen) atoms. The first-order valence-electron chi connectivity index (χ1n) is 5.08. The molecule has 0 bridgehead atoms. The van der Waals surface area contributed by atoms with Gasteiger partial charge in [0.15, 0.2) is 11.0 Å². The van der Waals surface area contributed by atoms with Gasteiger partial charge in [-0.1, -0.05) is 23.4 Å². The van der Waals surface area contributed by atoms with E-state index in [4.69, 9.17) is 16.0 Å². The number of nitrogens with zero attached hydrogens (tertiary/aromatic N) is 1. The Morgan fingerprint density at radius 2 is 2.24 bits per heavy atom. The first-order valence-corrected chi connectivity index (χ1v) is 6.68. The van der Waals surface area contributed by atoms with E-state index in [-0.39, 0.29) is 5.75 Å². The van der Waals surface area contributed by atoms with E-state index in [1.165, 1.54) is 11.8 Å². The number of thioether (sulfide) groups is 1. The fourth-order valence-electron chi connectivity index (χ4n) is 1.60. The molecule has 1 heterocycles. The fraction of sp³-hybridized carbons (Fsp3) is 0.250. The van der Waals surface area contributed by atoms with Crippen LogP contribution >= 0.6 is 23.4 Å². The van der Waals surface area contributed by atoms with Crippen LogP contribution in [-0.4, -0.2) is 16.3 Å². The van der Waals surface area contributed by atoms with Crippen LogP contribution in [0, 0.1) is 6.92 Å². The molecule has 2 rings (SSSR count). The minimum Gasteiger partial charge on any atom is -0.508 e. The average Bonchev–Trinajstić information content (AvgIpc) is 2.64. The number of hydrogen-bond acceptors (Lipinski definition) is 4. The molecule has 1 N–H and O–H groups in total. The molecule has 1 aromatic carbocycles.